The normalized spacial score (nSPS) is 15.0. The Balaban J connectivity index is 1.55. The van der Waals surface area contributed by atoms with Crippen LogP contribution in [0.1, 0.15) is 18.5 Å². The molecular weight excluding hydrogens is 346 g/mol. The number of aromatic nitrogens is 2. The molecule has 0 atom stereocenters. The summed E-state index contributed by atoms with van der Waals surface area (Å²) < 4.78 is 26.9. The van der Waals surface area contributed by atoms with Crippen molar-refractivity contribution >= 4 is 33.1 Å². The molecule has 3 rings (SSSR count). The van der Waals surface area contributed by atoms with E-state index in [0.717, 1.165) is 24.6 Å². The lowest BCUT2D eigenvalue weighted by molar-refractivity contribution is 0.585. The Hall–Kier alpha value is -1.71. The van der Waals surface area contributed by atoms with E-state index >= 15 is 0 Å². The van der Waals surface area contributed by atoms with Gasteiger partial charge in [-0.15, -0.1) is 11.3 Å². The van der Waals surface area contributed by atoms with E-state index in [-0.39, 0.29) is 6.54 Å². The predicted molar refractivity (Wildman–Crippen MR) is 96.2 cm³/mol. The zero-order valence-corrected chi connectivity index (χ0v) is 15.2. The fourth-order valence-corrected chi connectivity index (χ4v) is 4.66. The molecule has 0 amide bonds. The lowest BCUT2D eigenvalue weighted by Gasteiger charge is -2.17. The van der Waals surface area contributed by atoms with Gasteiger partial charge >= 0.3 is 0 Å². The maximum atomic E-state index is 12.0. The third-order valence-electron chi connectivity index (χ3n) is 3.73. The molecule has 0 radical (unpaired) electrons. The number of rotatable bonds is 7. The number of sulfonamides is 1. The van der Waals surface area contributed by atoms with Crippen LogP contribution in [0.2, 0.25) is 0 Å². The smallest absolute Gasteiger partial charge is 0.250 e. The number of aryl methyl sites for hydroxylation is 1. The number of thiophene rings is 1. The monoisotopic (exact) mass is 367 g/mol. The number of nitrogens with one attached hydrogen (secondary N) is 2. The molecule has 0 aromatic carbocycles. The van der Waals surface area contributed by atoms with Gasteiger partial charge in [-0.1, -0.05) is 6.07 Å². The van der Waals surface area contributed by atoms with Crippen molar-refractivity contribution in [3.63, 3.8) is 0 Å². The van der Waals surface area contributed by atoms with Crippen molar-refractivity contribution in [3.8, 4) is 0 Å². The zero-order valence-electron chi connectivity index (χ0n) is 13.5. The Morgan fingerprint density at radius 1 is 1.25 bits per heavy atom. The van der Waals surface area contributed by atoms with Crippen molar-refractivity contribution in [1.82, 2.24) is 14.7 Å². The molecule has 130 valence electrons. The summed E-state index contributed by atoms with van der Waals surface area (Å²) in [6.07, 6.45) is 2.38. The van der Waals surface area contributed by atoms with Crippen LogP contribution in [0.3, 0.4) is 0 Å². The van der Waals surface area contributed by atoms with E-state index in [1.54, 1.807) is 17.5 Å². The molecule has 2 N–H and O–H groups in total. The van der Waals surface area contributed by atoms with Crippen LogP contribution in [0.25, 0.3) is 0 Å². The average Bonchev–Trinajstić information content (AvgIpc) is 3.23. The molecule has 9 heteroatoms. The van der Waals surface area contributed by atoms with Gasteiger partial charge in [0.1, 0.15) is 10.0 Å². The topological polar surface area (TPSA) is 87.2 Å². The first-order valence-electron chi connectivity index (χ1n) is 7.92. The van der Waals surface area contributed by atoms with Gasteiger partial charge in [0.25, 0.3) is 0 Å². The Labute approximate surface area is 146 Å². The fourth-order valence-electron chi connectivity index (χ4n) is 2.59. The second kappa shape index (κ2) is 7.45. The molecule has 2 aromatic rings. The van der Waals surface area contributed by atoms with Crippen molar-refractivity contribution in [1.29, 1.82) is 0 Å². The standard InChI is InChI=1S/C15H21N5O2S2/c1-12-11-13(20-8-2-3-9-20)19-15(18-12)16-6-7-17-24(21,22)14-5-4-10-23-14/h4-5,10-11,17H,2-3,6-9H2,1H3,(H,16,18,19). The van der Waals surface area contributed by atoms with Crippen LogP contribution >= 0.6 is 11.3 Å². The zero-order chi connectivity index (χ0) is 17.0. The van der Waals surface area contributed by atoms with E-state index in [1.807, 2.05) is 13.0 Å². The number of hydrogen-bond acceptors (Lipinski definition) is 7. The highest BCUT2D eigenvalue weighted by Gasteiger charge is 2.16. The molecule has 1 aliphatic rings. The molecule has 1 saturated heterocycles. The van der Waals surface area contributed by atoms with Crippen LogP contribution in [0.4, 0.5) is 11.8 Å². The summed E-state index contributed by atoms with van der Waals surface area (Å²) >= 11 is 1.20. The third kappa shape index (κ3) is 4.22. The van der Waals surface area contributed by atoms with Gasteiger partial charge in [0, 0.05) is 37.9 Å². The van der Waals surface area contributed by atoms with Gasteiger partial charge in [0.2, 0.25) is 16.0 Å². The minimum Gasteiger partial charge on any atom is -0.356 e. The molecule has 0 spiro atoms. The van der Waals surface area contributed by atoms with Gasteiger partial charge in [-0.3, -0.25) is 0 Å². The van der Waals surface area contributed by atoms with E-state index in [1.165, 1.54) is 24.2 Å². The van der Waals surface area contributed by atoms with E-state index < -0.39 is 10.0 Å². The van der Waals surface area contributed by atoms with E-state index in [4.69, 9.17) is 0 Å². The molecule has 2 aromatic heterocycles. The van der Waals surface area contributed by atoms with Crippen LogP contribution in [-0.2, 0) is 10.0 Å². The number of anilines is 2. The van der Waals surface area contributed by atoms with Gasteiger partial charge in [-0.2, -0.15) is 4.98 Å². The molecule has 0 bridgehead atoms. The van der Waals surface area contributed by atoms with E-state index in [9.17, 15) is 8.42 Å². The highest BCUT2D eigenvalue weighted by atomic mass is 32.2. The third-order valence-corrected chi connectivity index (χ3v) is 6.59. The lowest BCUT2D eigenvalue weighted by atomic mass is 10.4. The van der Waals surface area contributed by atoms with Crippen molar-refractivity contribution in [2.45, 2.75) is 24.0 Å². The fraction of sp³-hybridized carbons (Fsp3) is 0.467. The quantitative estimate of drug-likeness (QED) is 0.726. The molecule has 24 heavy (non-hydrogen) atoms. The van der Waals surface area contributed by atoms with Crippen LogP contribution in [0, 0.1) is 6.92 Å². The van der Waals surface area contributed by atoms with E-state index in [0.29, 0.717) is 16.7 Å². The average molecular weight is 368 g/mol. The summed E-state index contributed by atoms with van der Waals surface area (Å²) in [5, 5.41) is 4.84. The molecule has 0 aliphatic carbocycles. The van der Waals surface area contributed by atoms with Gasteiger partial charge in [0.15, 0.2) is 0 Å². The predicted octanol–water partition coefficient (Wildman–Crippen LogP) is 1.84. The molecule has 0 saturated carbocycles. The summed E-state index contributed by atoms with van der Waals surface area (Å²) in [7, 11) is -3.42. The van der Waals surface area contributed by atoms with Crippen LogP contribution in [0.5, 0.6) is 0 Å². The summed E-state index contributed by atoms with van der Waals surface area (Å²) in [5.41, 5.74) is 0.897. The maximum Gasteiger partial charge on any atom is 0.250 e. The molecule has 1 fully saturated rings. The van der Waals surface area contributed by atoms with Gasteiger partial charge in [-0.05, 0) is 31.2 Å². The minimum absolute atomic E-state index is 0.274. The first-order chi connectivity index (χ1) is 11.5. The van der Waals surface area contributed by atoms with Crippen LogP contribution in [0.15, 0.2) is 27.8 Å². The Kier molecular flexibility index (Phi) is 5.32. The Bertz CT molecular complexity index is 771. The Morgan fingerprint density at radius 2 is 2.04 bits per heavy atom. The SMILES string of the molecule is Cc1cc(N2CCCC2)nc(NCCNS(=O)(=O)c2cccs2)n1. The summed E-state index contributed by atoms with van der Waals surface area (Å²) in [6, 6.07) is 5.29. The summed E-state index contributed by atoms with van der Waals surface area (Å²) in [6.45, 7) is 4.68. The summed E-state index contributed by atoms with van der Waals surface area (Å²) in [5.74, 6) is 1.47. The van der Waals surface area contributed by atoms with Crippen molar-refractivity contribution < 1.29 is 8.42 Å². The highest BCUT2D eigenvalue weighted by Crippen LogP contribution is 2.19. The van der Waals surface area contributed by atoms with Gasteiger partial charge < -0.3 is 10.2 Å². The van der Waals surface area contributed by atoms with Crippen LogP contribution < -0.4 is 14.9 Å². The Morgan fingerprint density at radius 3 is 2.75 bits per heavy atom. The van der Waals surface area contributed by atoms with Crippen molar-refractivity contribution in [2.75, 3.05) is 36.4 Å². The van der Waals surface area contributed by atoms with E-state index in [2.05, 4.69) is 24.9 Å². The number of hydrogen-bond donors (Lipinski definition) is 2. The molecule has 7 nitrogen and oxygen atoms in total. The molecule has 0 unspecified atom stereocenters. The van der Waals surface area contributed by atoms with Gasteiger partial charge in [0.05, 0.1) is 0 Å². The molecular formula is C15H21N5O2S2. The van der Waals surface area contributed by atoms with Crippen molar-refractivity contribution in [2.24, 2.45) is 0 Å². The summed E-state index contributed by atoms with van der Waals surface area (Å²) in [4.78, 5) is 11.1. The van der Waals surface area contributed by atoms with Crippen LogP contribution in [-0.4, -0.2) is 44.6 Å². The first kappa shape index (κ1) is 17.1. The maximum absolute atomic E-state index is 12.0. The molecule has 1 aliphatic heterocycles. The van der Waals surface area contributed by atoms with Gasteiger partial charge in [-0.25, -0.2) is 18.1 Å². The number of nitrogens with zero attached hydrogens (tertiary/aromatic N) is 3. The second-order valence-corrected chi connectivity index (χ2v) is 8.58. The van der Waals surface area contributed by atoms with Crippen molar-refractivity contribution in [3.05, 3.63) is 29.3 Å². The highest BCUT2D eigenvalue weighted by molar-refractivity contribution is 7.91. The largest absolute Gasteiger partial charge is 0.356 e. The lowest BCUT2D eigenvalue weighted by Crippen LogP contribution is -2.29. The first-order valence-corrected chi connectivity index (χ1v) is 10.3. The molecule has 3 heterocycles. The second-order valence-electron chi connectivity index (χ2n) is 5.64. The minimum atomic E-state index is -3.42.